The van der Waals surface area contributed by atoms with Crippen molar-refractivity contribution >= 4 is 17.7 Å². The van der Waals surface area contributed by atoms with Gasteiger partial charge in [0.2, 0.25) is 11.8 Å². The van der Waals surface area contributed by atoms with Crippen LogP contribution in [0, 0.1) is 17.3 Å². The van der Waals surface area contributed by atoms with E-state index in [1.807, 2.05) is 0 Å². The van der Waals surface area contributed by atoms with Crippen molar-refractivity contribution in [3.8, 4) is 0 Å². The molecule has 0 radical (unpaired) electrons. The molecule has 2 aliphatic carbocycles. The van der Waals surface area contributed by atoms with Gasteiger partial charge in [0.25, 0.3) is 5.91 Å². The minimum Gasteiger partial charge on any atom is -0.326 e. The SMILES string of the molecule is O=C1CCC(N2CC34CC3C(C3CCN(C5CCNCC5)CC3)=CC=C4C2=O)C(=O)N1. The van der Waals surface area contributed by atoms with Crippen molar-refractivity contribution < 1.29 is 14.4 Å². The predicted molar refractivity (Wildman–Crippen MR) is 115 cm³/mol. The number of likely N-dealkylation sites (tertiary alicyclic amines) is 2. The zero-order valence-electron chi connectivity index (χ0n) is 18.1. The fourth-order valence-corrected chi connectivity index (χ4v) is 7.00. The number of nitrogens with zero attached hydrogens (tertiary/aromatic N) is 2. The zero-order valence-corrected chi connectivity index (χ0v) is 18.1. The number of imide groups is 1. The second-order valence-electron chi connectivity index (χ2n) is 10.4. The van der Waals surface area contributed by atoms with Crippen LogP contribution in [-0.2, 0) is 14.4 Å². The van der Waals surface area contributed by atoms with Gasteiger partial charge < -0.3 is 15.1 Å². The summed E-state index contributed by atoms with van der Waals surface area (Å²) in [6, 6.07) is 0.250. The molecule has 2 N–H and O–H groups in total. The molecule has 7 nitrogen and oxygen atoms in total. The molecule has 0 aromatic rings. The van der Waals surface area contributed by atoms with E-state index in [2.05, 4.69) is 27.7 Å². The molecule has 0 bridgehead atoms. The minimum atomic E-state index is -0.496. The van der Waals surface area contributed by atoms with Gasteiger partial charge in [-0.25, -0.2) is 0 Å². The van der Waals surface area contributed by atoms with Gasteiger partial charge in [-0.05, 0) is 76.5 Å². The summed E-state index contributed by atoms with van der Waals surface area (Å²) in [5, 5.41) is 5.88. The Hall–Kier alpha value is -1.99. The molecule has 3 amide bonds. The highest BCUT2D eigenvalue weighted by atomic mass is 16.2. The van der Waals surface area contributed by atoms with Gasteiger partial charge in [0, 0.05) is 30.0 Å². The Kier molecular flexibility index (Phi) is 4.62. The van der Waals surface area contributed by atoms with E-state index in [9.17, 15) is 14.4 Å². The van der Waals surface area contributed by atoms with E-state index >= 15 is 0 Å². The molecule has 3 atom stereocenters. The van der Waals surface area contributed by atoms with Gasteiger partial charge in [-0.1, -0.05) is 17.7 Å². The largest absolute Gasteiger partial charge is 0.326 e. The summed E-state index contributed by atoms with van der Waals surface area (Å²) >= 11 is 0. The topological polar surface area (TPSA) is 81.8 Å². The van der Waals surface area contributed by atoms with Crippen LogP contribution in [0.3, 0.4) is 0 Å². The van der Waals surface area contributed by atoms with Crippen molar-refractivity contribution in [3.63, 3.8) is 0 Å². The maximum Gasteiger partial charge on any atom is 0.251 e. The summed E-state index contributed by atoms with van der Waals surface area (Å²) in [6.07, 6.45) is 11.1. The minimum absolute atomic E-state index is 0.00743. The zero-order chi connectivity index (χ0) is 21.2. The van der Waals surface area contributed by atoms with Crippen molar-refractivity contribution in [1.82, 2.24) is 20.4 Å². The molecule has 3 unspecified atom stereocenters. The third-order valence-electron chi connectivity index (χ3n) is 8.81. The Bertz CT molecular complexity index is 881. The maximum absolute atomic E-state index is 13.2. The molecule has 166 valence electrons. The molecule has 0 aromatic carbocycles. The lowest BCUT2D eigenvalue weighted by atomic mass is 9.79. The average Bonchev–Trinajstić information content (AvgIpc) is 3.46. The number of carbonyl (C=O) groups is 3. The van der Waals surface area contributed by atoms with Crippen LogP contribution in [0.25, 0.3) is 0 Å². The second kappa shape index (κ2) is 7.27. The summed E-state index contributed by atoms with van der Waals surface area (Å²) < 4.78 is 0. The average molecular weight is 425 g/mol. The van der Waals surface area contributed by atoms with Gasteiger partial charge in [0.15, 0.2) is 0 Å². The summed E-state index contributed by atoms with van der Waals surface area (Å²) in [6.45, 7) is 5.30. The maximum atomic E-state index is 13.2. The molecule has 7 heteroatoms. The Morgan fingerprint density at radius 3 is 2.48 bits per heavy atom. The molecule has 4 aliphatic heterocycles. The van der Waals surface area contributed by atoms with Gasteiger partial charge in [0.1, 0.15) is 6.04 Å². The number of hydrogen-bond acceptors (Lipinski definition) is 5. The first kappa shape index (κ1) is 19.7. The second-order valence-corrected chi connectivity index (χ2v) is 10.4. The lowest BCUT2D eigenvalue weighted by Gasteiger charge is -2.40. The standard InChI is InChI=1S/C24H32N4O3/c29-21-4-3-20(22(30)26-21)28-14-24-13-19(24)17(1-2-18(24)23(28)31)15-7-11-27(12-8-15)16-5-9-25-10-6-16/h1-2,15-16,19-20,25H,3-14H2,(H,26,29,30). The number of hydrogen-bond donors (Lipinski definition) is 2. The highest BCUT2D eigenvalue weighted by Crippen LogP contribution is 2.67. The summed E-state index contributed by atoms with van der Waals surface area (Å²) in [5.74, 6) is 0.556. The van der Waals surface area contributed by atoms with E-state index in [1.165, 1.54) is 38.8 Å². The van der Waals surface area contributed by atoms with E-state index < -0.39 is 6.04 Å². The Balaban J connectivity index is 1.13. The smallest absolute Gasteiger partial charge is 0.251 e. The molecule has 31 heavy (non-hydrogen) atoms. The van der Waals surface area contributed by atoms with Crippen LogP contribution in [-0.4, -0.2) is 72.3 Å². The lowest BCUT2D eigenvalue weighted by molar-refractivity contribution is -0.142. The fraction of sp³-hybridized carbons (Fsp3) is 0.708. The van der Waals surface area contributed by atoms with Crippen molar-refractivity contribution in [1.29, 1.82) is 0 Å². The summed E-state index contributed by atoms with van der Waals surface area (Å²) in [4.78, 5) is 41.5. The third kappa shape index (κ3) is 3.11. The van der Waals surface area contributed by atoms with Crippen molar-refractivity contribution in [2.75, 3.05) is 32.7 Å². The summed E-state index contributed by atoms with van der Waals surface area (Å²) in [7, 11) is 0. The van der Waals surface area contributed by atoms with Crippen molar-refractivity contribution in [2.24, 2.45) is 17.3 Å². The number of allylic oxidation sites excluding steroid dienone is 3. The van der Waals surface area contributed by atoms with Crippen LogP contribution in [0.5, 0.6) is 0 Å². The lowest BCUT2D eigenvalue weighted by Crippen LogP contribution is -2.53. The van der Waals surface area contributed by atoms with Crippen LogP contribution < -0.4 is 10.6 Å². The fourth-order valence-electron chi connectivity index (χ4n) is 7.00. The van der Waals surface area contributed by atoms with E-state index in [0.29, 0.717) is 31.2 Å². The first-order valence-electron chi connectivity index (χ1n) is 12.1. The third-order valence-corrected chi connectivity index (χ3v) is 8.81. The van der Waals surface area contributed by atoms with Crippen LogP contribution in [0.1, 0.15) is 44.9 Å². The molecular formula is C24H32N4O3. The molecule has 5 fully saturated rings. The highest BCUT2D eigenvalue weighted by Gasteiger charge is 2.67. The first-order chi connectivity index (χ1) is 15.1. The van der Waals surface area contributed by atoms with Gasteiger partial charge in [0.05, 0.1) is 0 Å². The molecule has 1 spiro atoms. The van der Waals surface area contributed by atoms with E-state index in [4.69, 9.17) is 0 Å². The number of carbonyl (C=O) groups excluding carboxylic acids is 3. The van der Waals surface area contributed by atoms with Gasteiger partial charge >= 0.3 is 0 Å². The molecule has 4 heterocycles. The predicted octanol–water partition coefficient (Wildman–Crippen LogP) is 0.971. The van der Waals surface area contributed by atoms with Crippen molar-refractivity contribution in [3.05, 3.63) is 23.3 Å². The molecule has 4 saturated heterocycles. The van der Waals surface area contributed by atoms with E-state index in [-0.39, 0.29) is 23.1 Å². The number of piperidine rings is 3. The van der Waals surface area contributed by atoms with Gasteiger partial charge in [-0.3, -0.25) is 19.7 Å². The number of rotatable bonds is 3. The van der Waals surface area contributed by atoms with Crippen LogP contribution in [0.2, 0.25) is 0 Å². The molecule has 6 aliphatic rings. The molecular weight excluding hydrogens is 392 g/mol. The Labute approximate surface area is 183 Å². The van der Waals surface area contributed by atoms with E-state index in [0.717, 1.165) is 31.1 Å². The Morgan fingerprint density at radius 2 is 1.74 bits per heavy atom. The van der Waals surface area contributed by atoms with Gasteiger partial charge in [-0.15, -0.1) is 0 Å². The van der Waals surface area contributed by atoms with Crippen LogP contribution in [0.15, 0.2) is 23.3 Å². The van der Waals surface area contributed by atoms with Gasteiger partial charge in [-0.2, -0.15) is 0 Å². The normalized spacial score (nSPS) is 37.2. The summed E-state index contributed by atoms with van der Waals surface area (Å²) in [5.41, 5.74) is 2.37. The Morgan fingerprint density at radius 1 is 0.968 bits per heavy atom. The highest BCUT2D eigenvalue weighted by molar-refractivity contribution is 6.05. The van der Waals surface area contributed by atoms with Crippen molar-refractivity contribution in [2.45, 2.75) is 57.0 Å². The number of amides is 3. The van der Waals surface area contributed by atoms with Crippen LogP contribution in [0.4, 0.5) is 0 Å². The van der Waals surface area contributed by atoms with Crippen LogP contribution >= 0.6 is 0 Å². The molecule has 1 saturated carbocycles. The number of nitrogens with one attached hydrogen (secondary N) is 2. The molecule has 0 aromatic heterocycles. The molecule has 6 rings (SSSR count). The monoisotopic (exact) mass is 424 g/mol. The first-order valence-corrected chi connectivity index (χ1v) is 12.1. The van der Waals surface area contributed by atoms with E-state index in [1.54, 1.807) is 10.5 Å². The quantitative estimate of drug-likeness (QED) is 0.660.